The lowest BCUT2D eigenvalue weighted by Crippen LogP contribution is -2.09. The van der Waals surface area contributed by atoms with Crippen molar-refractivity contribution in [2.75, 3.05) is 0 Å². The quantitative estimate of drug-likeness (QED) is 0.671. The van der Waals surface area contributed by atoms with E-state index in [0.29, 0.717) is 5.90 Å². The second kappa shape index (κ2) is 5.11. The number of cyclic esters (lactones) is 1. The Morgan fingerprint density at radius 3 is 2.41 bits per heavy atom. The number of rotatable bonds is 2. The Bertz CT molecular complexity index is 879. The van der Waals surface area contributed by atoms with Crippen molar-refractivity contribution in [3.05, 3.63) is 83.9 Å². The van der Waals surface area contributed by atoms with Crippen LogP contribution in [0.5, 0.6) is 0 Å². The van der Waals surface area contributed by atoms with Gasteiger partial charge in [0.1, 0.15) is 0 Å². The summed E-state index contributed by atoms with van der Waals surface area (Å²) in [7, 11) is 0. The molecule has 0 N–H and O–H groups in total. The number of esters is 1. The second-order valence-corrected chi connectivity index (χ2v) is 5.20. The van der Waals surface area contributed by atoms with Gasteiger partial charge in [0.2, 0.25) is 5.90 Å². The minimum Gasteiger partial charge on any atom is -0.405 e. The summed E-state index contributed by atoms with van der Waals surface area (Å²) >= 11 is 0. The molecule has 106 valence electrons. The first kappa shape index (κ1) is 12.8. The molecule has 1 atom stereocenters. The van der Waals surface area contributed by atoms with Gasteiger partial charge >= 0.3 is 5.97 Å². The minimum atomic E-state index is -0.574. The van der Waals surface area contributed by atoms with Gasteiger partial charge in [-0.25, -0.2) is 9.79 Å². The SMILES string of the molecule is O=C1OC(c2cccc3ccccc23)=NC1c1ccccc1. The summed E-state index contributed by atoms with van der Waals surface area (Å²) in [5, 5.41) is 2.13. The van der Waals surface area contributed by atoms with Crippen molar-refractivity contribution in [2.45, 2.75) is 6.04 Å². The van der Waals surface area contributed by atoms with E-state index in [2.05, 4.69) is 4.99 Å². The zero-order valence-electron chi connectivity index (χ0n) is 11.8. The Morgan fingerprint density at radius 1 is 0.818 bits per heavy atom. The third kappa shape index (κ3) is 2.07. The standard InChI is InChI=1S/C19H13NO2/c21-19-17(14-8-2-1-3-9-14)20-18(22-19)16-12-6-10-13-7-4-5-11-15(13)16/h1-12,17H. The Kier molecular flexibility index (Phi) is 2.97. The Balaban J connectivity index is 1.81. The number of carbonyl (C=O) groups excluding carboxylic acids is 1. The van der Waals surface area contributed by atoms with Crippen molar-refractivity contribution in [1.82, 2.24) is 0 Å². The van der Waals surface area contributed by atoms with Crippen molar-refractivity contribution in [1.29, 1.82) is 0 Å². The third-order valence-electron chi connectivity index (χ3n) is 3.80. The van der Waals surface area contributed by atoms with E-state index >= 15 is 0 Å². The van der Waals surface area contributed by atoms with Gasteiger partial charge in [0.25, 0.3) is 0 Å². The normalized spacial score (nSPS) is 17.4. The maximum absolute atomic E-state index is 12.2. The van der Waals surface area contributed by atoms with Crippen LogP contribution in [0, 0.1) is 0 Å². The monoisotopic (exact) mass is 287 g/mol. The van der Waals surface area contributed by atoms with Gasteiger partial charge in [0, 0.05) is 5.56 Å². The van der Waals surface area contributed by atoms with Gasteiger partial charge in [-0.05, 0) is 22.4 Å². The number of ether oxygens (including phenoxy) is 1. The fourth-order valence-electron chi connectivity index (χ4n) is 2.73. The highest BCUT2D eigenvalue weighted by molar-refractivity contribution is 6.13. The average Bonchev–Trinajstić information content (AvgIpc) is 2.97. The number of carbonyl (C=O) groups is 1. The van der Waals surface area contributed by atoms with E-state index in [9.17, 15) is 4.79 Å². The molecular formula is C19H13NO2. The minimum absolute atomic E-state index is 0.325. The Labute approximate surface area is 127 Å². The zero-order valence-corrected chi connectivity index (χ0v) is 11.8. The van der Waals surface area contributed by atoms with Crippen LogP contribution < -0.4 is 0 Å². The molecule has 0 fully saturated rings. The molecule has 1 unspecified atom stereocenters. The van der Waals surface area contributed by atoms with Crippen LogP contribution >= 0.6 is 0 Å². The molecule has 0 spiro atoms. The molecular weight excluding hydrogens is 274 g/mol. The van der Waals surface area contributed by atoms with Gasteiger partial charge < -0.3 is 4.74 Å². The summed E-state index contributed by atoms with van der Waals surface area (Å²) in [6.45, 7) is 0. The maximum Gasteiger partial charge on any atom is 0.342 e. The first-order valence-electron chi connectivity index (χ1n) is 7.15. The molecule has 0 saturated carbocycles. The lowest BCUT2D eigenvalue weighted by atomic mass is 10.0. The van der Waals surface area contributed by atoms with E-state index in [1.807, 2.05) is 72.8 Å². The predicted octanol–water partition coefficient (Wildman–Crippen LogP) is 3.88. The number of fused-ring (bicyclic) bond motifs is 1. The summed E-state index contributed by atoms with van der Waals surface area (Å²) in [5.41, 5.74) is 1.70. The molecule has 22 heavy (non-hydrogen) atoms. The molecule has 0 amide bonds. The van der Waals surface area contributed by atoms with E-state index in [0.717, 1.165) is 21.9 Å². The largest absolute Gasteiger partial charge is 0.405 e. The molecule has 1 heterocycles. The summed E-state index contributed by atoms with van der Waals surface area (Å²) < 4.78 is 5.43. The van der Waals surface area contributed by atoms with Gasteiger partial charge in [0.05, 0.1) is 0 Å². The van der Waals surface area contributed by atoms with Gasteiger partial charge in [-0.15, -0.1) is 0 Å². The van der Waals surface area contributed by atoms with Gasteiger partial charge in [-0.2, -0.15) is 0 Å². The van der Waals surface area contributed by atoms with Crippen LogP contribution in [0.1, 0.15) is 17.2 Å². The van der Waals surface area contributed by atoms with Crippen LogP contribution in [-0.4, -0.2) is 11.9 Å². The summed E-state index contributed by atoms with van der Waals surface area (Å²) in [4.78, 5) is 16.7. The molecule has 0 saturated heterocycles. The van der Waals surface area contributed by atoms with Crippen LogP contribution in [0.4, 0.5) is 0 Å². The first-order valence-corrected chi connectivity index (χ1v) is 7.15. The van der Waals surface area contributed by atoms with Crippen LogP contribution in [-0.2, 0) is 9.53 Å². The molecule has 0 aromatic heterocycles. The van der Waals surface area contributed by atoms with E-state index in [-0.39, 0.29) is 5.97 Å². The topological polar surface area (TPSA) is 38.7 Å². The van der Waals surface area contributed by atoms with E-state index in [1.54, 1.807) is 0 Å². The van der Waals surface area contributed by atoms with E-state index in [4.69, 9.17) is 4.74 Å². The highest BCUT2D eigenvalue weighted by atomic mass is 16.6. The first-order chi connectivity index (χ1) is 10.8. The number of hydrogen-bond donors (Lipinski definition) is 0. The summed E-state index contributed by atoms with van der Waals surface area (Å²) in [5.74, 6) is 0.0739. The molecule has 4 rings (SSSR count). The fraction of sp³-hybridized carbons (Fsp3) is 0.0526. The molecule has 3 heteroatoms. The van der Waals surface area contributed by atoms with Crippen LogP contribution in [0.25, 0.3) is 10.8 Å². The van der Waals surface area contributed by atoms with Crippen molar-refractivity contribution in [3.63, 3.8) is 0 Å². The number of benzene rings is 3. The fourth-order valence-corrected chi connectivity index (χ4v) is 2.73. The van der Waals surface area contributed by atoms with Crippen LogP contribution in [0.2, 0.25) is 0 Å². The number of hydrogen-bond acceptors (Lipinski definition) is 3. The van der Waals surface area contributed by atoms with Gasteiger partial charge in [0.15, 0.2) is 6.04 Å². The van der Waals surface area contributed by atoms with Crippen molar-refractivity contribution < 1.29 is 9.53 Å². The highest BCUT2D eigenvalue weighted by Crippen LogP contribution is 2.28. The average molecular weight is 287 g/mol. The zero-order chi connectivity index (χ0) is 14.9. The van der Waals surface area contributed by atoms with Crippen LogP contribution in [0.15, 0.2) is 77.8 Å². The molecule has 3 nitrogen and oxygen atoms in total. The summed E-state index contributed by atoms with van der Waals surface area (Å²) in [6.07, 6.45) is 0. The van der Waals surface area contributed by atoms with Crippen LogP contribution in [0.3, 0.4) is 0 Å². The Hall–Kier alpha value is -2.94. The second-order valence-electron chi connectivity index (χ2n) is 5.20. The summed E-state index contributed by atoms with van der Waals surface area (Å²) in [6, 6.07) is 22.8. The molecule has 3 aromatic carbocycles. The molecule has 0 aliphatic carbocycles. The molecule has 0 bridgehead atoms. The lowest BCUT2D eigenvalue weighted by molar-refractivity contribution is -0.135. The molecule has 0 radical (unpaired) electrons. The smallest absolute Gasteiger partial charge is 0.342 e. The van der Waals surface area contributed by atoms with Gasteiger partial charge in [-0.1, -0.05) is 66.7 Å². The van der Waals surface area contributed by atoms with Gasteiger partial charge in [-0.3, -0.25) is 0 Å². The molecule has 1 aliphatic heterocycles. The van der Waals surface area contributed by atoms with E-state index < -0.39 is 6.04 Å². The lowest BCUT2D eigenvalue weighted by Gasteiger charge is -2.04. The van der Waals surface area contributed by atoms with Crippen molar-refractivity contribution in [3.8, 4) is 0 Å². The highest BCUT2D eigenvalue weighted by Gasteiger charge is 2.31. The maximum atomic E-state index is 12.2. The van der Waals surface area contributed by atoms with Crippen molar-refractivity contribution in [2.24, 2.45) is 4.99 Å². The number of nitrogens with zero attached hydrogens (tertiary/aromatic N) is 1. The third-order valence-corrected chi connectivity index (χ3v) is 3.80. The predicted molar refractivity (Wildman–Crippen MR) is 85.8 cm³/mol. The molecule has 3 aromatic rings. The number of aliphatic imine (C=N–C) groups is 1. The van der Waals surface area contributed by atoms with Crippen molar-refractivity contribution >= 4 is 22.6 Å². The Morgan fingerprint density at radius 2 is 1.55 bits per heavy atom. The van der Waals surface area contributed by atoms with E-state index in [1.165, 1.54) is 0 Å². The molecule has 1 aliphatic rings.